The smallest absolute Gasteiger partial charge is 0.422 e. The van der Waals surface area contributed by atoms with Crippen molar-refractivity contribution in [1.29, 1.82) is 0 Å². The fourth-order valence-electron chi connectivity index (χ4n) is 5.58. The van der Waals surface area contributed by atoms with Gasteiger partial charge in [0.2, 0.25) is 11.8 Å². The normalized spacial score (nSPS) is 20.4. The lowest BCUT2D eigenvalue weighted by Crippen LogP contribution is -2.45. The number of hydrogen-bond acceptors (Lipinski definition) is 8. The van der Waals surface area contributed by atoms with Crippen LogP contribution in [-0.4, -0.2) is 81.9 Å². The van der Waals surface area contributed by atoms with Gasteiger partial charge in [0.05, 0.1) is 49.9 Å². The van der Waals surface area contributed by atoms with E-state index in [0.29, 0.717) is 31.2 Å². The van der Waals surface area contributed by atoms with Gasteiger partial charge in [-0.25, -0.2) is 9.97 Å². The zero-order valence-electron chi connectivity index (χ0n) is 27.7. The van der Waals surface area contributed by atoms with E-state index in [4.69, 9.17) is 27.9 Å². The number of pyridine rings is 2. The van der Waals surface area contributed by atoms with Crippen molar-refractivity contribution < 1.29 is 55.6 Å². The highest BCUT2D eigenvalue weighted by molar-refractivity contribution is 9.10. The van der Waals surface area contributed by atoms with Crippen molar-refractivity contribution in [2.45, 2.75) is 88.0 Å². The summed E-state index contributed by atoms with van der Waals surface area (Å²) in [6.45, 7) is -2.99. The van der Waals surface area contributed by atoms with Crippen molar-refractivity contribution in [3.05, 3.63) is 68.4 Å². The van der Waals surface area contributed by atoms with Crippen LogP contribution in [0.5, 0.6) is 11.8 Å². The van der Waals surface area contributed by atoms with Crippen LogP contribution in [-0.2, 0) is 0 Å². The van der Waals surface area contributed by atoms with Gasteiger partial charge in [-0.2, -0.15) is 26.3 Å². The summed E-state index contributed by atoms with van der Waals surface area (Å²) in [6, 6.07) is 6.48. The second-order valence-electron chi connectivity index (χ2n) is 12.4. The van der Waals surface area contributed by atoms with Gasteiger partial charge in [-0.1, -0.05) is 55.0 Å². The van der Waals surface area contributed by atoms with E-state index in [-0.39, 0.29) is 55.1 Å². The Hall–Kier alpha value is -3.38. The molecule has 53 heavy (non-hydrogen) atoms. The van der Waals surface area contributed by atoms with Gasteiger partial charge in [0.1, 0.15) is 0 Å². The predicted octanol–water partition coefficient (Wildman–Crippen LogP) is 7.85. The van der Waals surface area contributed by atoms with Crippen LogP contribution >= 0.6 is 39.1 Å². The SMILES string of the molecule is O=C(N[C@H]1CCCC[C@H]1O)c1cnc(OCC(F)(F)F)c(-c2ccc(Cl)c(Cl)c2)c1.O=C(N[C@H]1CCCC[C@H]1O)c1cnc(OCC(F)(F)F)c(Br)c1. The van der Waals surface area contributed by atoms with Crippen LogP contribution in [0, 0.1) is 0 Å². The molecule has 19 heteroatoms. The van der Waals surface area contributed by atoms with E-state index >= 15 is 0 Å². The molecular formula is C34H35BrCl2F6N4O6. The molecule has 5 rings (SSSR count). The number of aliphatic hydroxyl groups excluding tert-OH is 2. The third-order valence-corrected chi connectivity index (χ3v) is 9.56. The highest BCUT2D eigenvalue weighted by Gasteiger charge is 2.31. The quantitative estimate of drug-likeness (QED) is 0.160. The van der Waals surface area contributed by atoms with Crippen molar-refractivity contribution in [3.8, 4) is 22.9 Å². The van der Waals surface area contributed by atoms with Crippen LogP contribution < -0.4 is 20.1 Å². The molecular weight excluding hydrogens is 825 g/mol. The second kappa shape index (κ2) is 18.8. The van der Waals surface area contributed by atoms with Gasteiger partial charge in [0, 0.05) is 18.0 Å². The highest BCUT2D eigenvalue weighted by Crippen LogP contribution is 2.34. The molecule has 4 atom stereocenters. The molecule has 0 unspecified atom stereocenters. The van der Waals surface area contributed by atoms with E-state index in [9.17, 15) is 46.1 Å². The lowest BCUT2D eigenvalue weighted by Gasteiger charge is -2.28. The summed E-state index contributed by atoms with van der Waals surface area (Å²) < 4.78 is 83.8. The summed E-state index contributed by atoms with van der Waals surface area (Å²) in [5.41, 5.74) is 0.846. The number of rotatable bonds is 9. The summed E-state index contributed by atoms with van der Waals surface area (Å²) in [6.07, 6.45) is -1.77. The van der Waals surface area contributed by atoms with Crippen molar-refractivity contribution in [3.63, 3.8) is 0 Å². The molecule has 1 aromatic carbocycles. The lowest BCUT2D eigenvalue weighted by molar-refractivity contribution is -0.154. The Bertz CT molecular complexity index is 1740. The van der Waals surface area contributed by atoms with E-state index in [1.165, 1.54) is 30.3 Å². The molecule has 2 amide bonds. The Morgan fingerprint density at radius 2 is 1.21 bits per heavy atom. The Morgan fingerprint density at radius 1 is 0.736 bits per heavy atom. The van der Waals surface area contributed by atoms with Crippen molar-refractivity contribution >= 4 is 50.9 Å². The minimum atomic E-state index is -4.55. The zero-order chi connectivity index (χ0) is 38.9. The van der Waals surface area contributed by atoms with Gasteiger partial charge in [-0.15, -0.1) is 0 Å². The summed E-state index contributed by atoms with van der Waals surface area (Å²) in [5, 5.41) is 25.8. The fourth-order valence-corrected chi connectivity index (χ4v) is 6.34. The third-order valence-electron chi connectivity index (χ3n) is 8.25. The number of halogens is 9. The van der Waals surface area contributed by atoms with Crippen LogP contribution in [0.2, 0.25) is 10.0 Å². The van der Waals surface area contributed by atoms with E-state index in [2.05, 4.69) is 41.3 Å². The molecule has 2 aromatic heterocycles. The first-order valence-corrected chi connectivity index (χ1v) is 17.9. The first-order valence-electron chi connectivity index (χ1n) is 16.4. The first kappa shape index (κ1) is 42.4. The van der Waals surface area contributed by atoms with Crippen LogP contribution in [0.1, 0.15) is 72.1 Å². The Morgan fingerprint density at radius 3 is 1.68 bits per heavy atom. The third kappa shape index (κ3) is 13.2. The Balaban J connectivity index is 0.000000245. The molecule has 4 N–H and O–H groups in total. The topological polar surface area (TPSA) is 143 Å². The summed E-state index contributed by atoms with van der Waals surface area (Å²) in [4.78, 5) is 32.4. The molecule has 0 radical (unpaired) electrons. The van der Waals surface area contributed by atoms with E-state index in [0.717, 1.165) is 38.1 Å². The number of alkyl halides is 6. The van der Waals surface area contributed by atoms with Gasteiger partial charge >= 0.3 is 12.4 Å². The fraction of sp³-hybridized carbons (Fsp3) is 0.471. The summed E-state index contributed by atoms with van der Waals surface area (Å²) >= 11 is 15.0. The number of benzene rings is 1. The Kier molecular flexibility index (Phi) is 15.0. The van der Waals surface area contributed by atoms with E-state index in [1.54, 1.807) is 0 Å². The molecule has 2 aliphatic carbocycles. The molecule has 290 valence electrons. The molecule has 2 heterocycles. The average molecular weight is 860 g/mol. The maximum Gasteiger partial charge on any atom is 0.422 e. The molecule has 3 aromatic rings. The molecule has 2 fully saturated rings. The van der Waals surface area contributed by atoms with Crippen molar-refractivity contribution in [2.75, 3.05) is 13.2 Å². The van der Waals surface area contributed by atoms with Gasteiger partial charge in [0.15, 0.2) is 13.2 Å². The molecule has 10 nitrogen and oxygen atoms in total. The standard InChI is InChI=1S/C20H19Cl2F3N2O3.C14H16BrF3N2O3/c21-14-6-5-11(8-15(14)22)13-7-12(9-26-19(13)30-10-20(23,24)25)18(29)27-16-3-1-2-4-17(16)28;15-9-5-8(6-19-13(9)23-7-14(16,17)18)12(22)20-10-3-1-2-4-11(10)21/h5-9,16-17,28H,1-4,10H2,(H,27,29);5-6,10-11,21H,1-4,7H2,(H,20,22)/t16-,17+;10-,11+/m00/s1. The number of aromatic nitrogens is 2. The van der Waals surface area contributed by atoms with Gasteiger partial charge in [0.25, 0.3) is 11.8 Å². The minimum absolute atomic E-state index is 0.119. The summed E-state index contributed by atoms with van der Waals surface area (Å²) in [5.74, 6) is -1.46. The summed E-state index contributed by atoms with van der Waals surface area (Å²) in [7, 11) is 0. The average Bonchev–Trinajstić information content (AvgIpc) is 3.09. The molecule has 2 saturated carbocycles. The van der Waals surface area contributed by atoms with Gasteiger partial charge in [-0.05, 0) is 71.4 Å². The first-order chi connectivity index (χ1) is 24.9. The number of nitrogens with zero attached hydrogens (tertiary/aromatic N) is 2. The maximum absolute atomic E-state index is 12.7. The number of ether oxygens (including phenoxy) is 2. The van der Waals surface area contributed by atoms with Crippen LogP contribution in [0.25, 0.3) is 11.1 Å². The molecule has 0 bridgehead atoms. The van der Waals surface area contributed by atoms with Crippen LogP contribution in [0.3, 0.4) is 0 Å². The number of hydrogen-bond donors (Lipinski definition) is 4. The monoisotopic (exact) mass is 858 g/mol. The number of nitrogens with one attached hydrogen (secondary N) is 2. The molecule has 0 saturated heterocycles. The number of carbonyl (C=O) groups is 2. The van der Waals surface area contributed by atoms with Crippen LogP contribution in [0.15, 0.2) is 47.2 Å². The highest BCUT2D eigenvalue weighted by atomic mass is 79.9. The number of carbonyl (C=O) groups excluding carboxylic acids is 2. The van der Waals surface area contributed by atoms with Crippen molar-refractivity contribution in [2.24, 2.45) is 0 Å². The maximum atomic E-state index is 12.7. The number of aliphatic hydroxyl groups is 2. The Labute approximate surface area is 318 Å². The van der Waals surface area contributed by atoms with Gasteiger partial charge in [-0.3, -0.25) is 9.59 Å². The molecule has 2 aliphatic rings. The largest absolute Gasteiger partial charge is 0.468 e. The van der Waals surface area contributed by atoms with E-state index in [1.807, 2.05) is 0 Å². The van der Waals surface area contributed by atoms with Crippen molar-refractivity contribution in [1.82, 2.24) is 20.6 Å². The van der Waals surface area contributed by atoms with Gasteiger partial charge < -0.3 is 30.3 Å². The van der Waals surface area contributed by atoms with Crippen LogP contribution in [0.4, 0.5) is 26.3 Å². The number of amides is 2. The van der Waals surface area contributed by atoms with E-state index < -0.39 is 49.6 Å². The minimum Gasteiger partial charge on any atom is -0.468 e. The second-order valence-corrected chi connectivity index (χ2v) is 14.1. The predicted molar refractivity (Wildman–Crippen MR) is 186 cm³/mol. The molecule has 0 aliphatic heterocycles. The zero-order valence-corrected chi connectivity index (χ0v) is 30.8. The lowest BCUT2D eigenvalue weighted by atomic mass is 9.92. The molecule has 0 spiro atoms.